The minimum Gasteiger partial charge on any atom is -0.476 e. The Hall–Kier alpha value is -0.0600. The third-order valence-corrected chi connectivity index (χ3v) is 4.08. The van der Waals surface area contributed by atoms with Gasteiger partial charge in [0.05, 0.1) is 5.56 Å². The zero-order valence-electron chi connectivity index (χ0n) is 6.47. The van der Waals surface area contributed by atoms with E-state index in [2.05, 4.69) is 4.98 Å². The summed E-state index contributed by atoms with van der Waals surface area (Å²) in [5.41, 5.74) is -1.12. The SMILES string of the molecule is O=C(O)c1nc(I)c(I)cc1C(F)F. The average molecular weight is 425 g/mol. The normalized spacial score (nSPS) is 10.6. The highest BCUT2D eigenvalue weighted by atomic mass is 127. The van der Waals surface area contributed by atoms with Crippen LogP contribution in [0.5, 0.6) is 0 Å². The second-order valence-corrected chi connectivity index (χ2v) is 4.49. The highest BCUT2D eigenvalue weighted by Crippen LogP contribution is 2.25. The third-order valence-electron chi connectivity index (χ3n) is 1.40. The molecule has 0 saturated carbocycles. The van der Waals surface area contributed by atoms with Crippen LogP contribution in [0.4, 0.5) is 8.78 Å². The van der Waals surface area contributed by atoms with Crippen molar-refractivity contribution in [3.63, 3.8) is 0 Å². The number of halogens is 4. The van der Waals surface area contributed by atoms with Crippen molar-refractivity contribution in [1.29, 1.82) is 0 Å². The van der Waals surface area contributed by atoms with E-state index >= 15 is 0 Å². The predicted molar refractivity (Wildman–Crippen MR) is 61.6 cm³/mol. The molecule has 76 valence electrons. The van der Waals surface area contributed by atoms with E-state index < -0.39 is 23.7 Å². The fraction of sp³-hybridized carbons (Fsp3) is 0.143. The van der Waals surface area contributed by atoms with Gasteiger partial charge in [0.1, 0.15) is 3.70 Å². The van der Waals surface area contributed by atoms with Crippen molar-refractivity contribution in [3.8, 4) is 0 Å². The fourth-order valence-corrected chi connectivity index (χ4v) is 1.67. The van der Waals surface area contributed by atoms with E-state index in [-0.39, 0.29) is 0 Å². The minimum absolute atomic E-state index is 0.407. The Balaban J connectivity index is 3.39. The predicted octanol–water partition coefficient (Wildman–Crippen LogP) is 2.93. The average Bonchev–Trinajstić information content (AvgIpc) is 2.08. The summed E-state index contributed by atoms with van der Waals surface area (Å²) < 4.78 is 25.7. The van der Waals surface area contributed by atoms with Crippen LogP contribution >= 0.6 is 45.2 Å². The van der Waals surface area contributed by atoms with Crippen LogP contribution in [0.1, 0.15) is 22.5 Å². The Morgan fingerprint density at radius 1 is 1.50 bits per heavy atom. The highest BCUT2D eigenvalue weighted by Gasteiger charge is 2.21. The maximum absolute atomic E-state index is 12.4. The Labute approximate surface area is 105 Å². The van der Waals surface area contributed by atoms with Crippen molar-refractivity contribution in [2.24, 2.45) is 0 Å². The van der Waals surface area contributed by atoms with E-state index in [9.17, 15) is 13.6 Å². The van der Waals surface area contributed by atoms with Crippen molar-refractivity contribution < 1.29 is 18.7 Å². The zero-order valence-corrected chi connectivity index (χ0v) is 10.8. The van der Waals surface area contributed by atoms with Crippen LogP contribution in [0.3, 0.4) is 0 Å². The van der Waals surface area contributed by atoms with Crippen LogP contribution < -0.4 is 0 Å². The first kappa shape index (κ1) is 12.0. The summed E-state index contributed by atoms with van der Waals surface area (Å²) in [6, 6.07) is 1.14. The molecule has 1 N–H and O–H groups in total. The number of rotatable bonds is 2. The van der Waals surface area contributed by atoms with E-state index in [4.69, 9.17) is 5.11 Å². The molecule has 1 aromatic rings. The van der Waals surface area contributed by atoms with E-state index in [1.807, 2.05) is 22.6 Å². The van der Waals surface area contributed by atoms with Crippen molar-refractivity contribution in [1.82, 2.24) is 4.98 Å². The molecule has 0 saturated heterocycles. The van der Waals surface area contributed by atoms with Gasteiger partial charge in [-0.05, 0) is 51.2 Å². The maximum Gasteiger partial charge on any atom is 0.355 e. The lowest BCUT2D eigenvalue weighted by Gasteiger charge is -2.05. The van der Waals surface area contributed by atoms with Crippen LogP contribution in [-0.4, -0.2) is 16.1 Å². The second kappa shape index (κ2) is 4.64. The van der Waals surface area contributed by atoms with Crippen LogP contribution in [-0.2, 0) is 0 Å². The van der Waals surface area contributed by atoms with Crippen LogP contribution in [0, 0.1) is 7.27 Å². The molecule has 0 atom stereocenters. The third kappa shape index (κ3) is 2.49. The molecule has 0 aliphatic carbocycles. The number of aromatic carboxylic acids is 1. The molecule has 1 aromatic heterocycles. The largest absolute Gasteiger partial charge is 0.476 e. The van der Waals surface area contributed by atoms with E-state index in [1.165, 1.54) is 0 Å². The van der Waals surface area contributed by atoms with Gasteiger partial charge in [0, 0.05) is 3.57 Å². The van der Waals surface area contributed by atoms with Gasteiger partial charge in [-0.15, -0.1) is 0 Å². The smallest absolute Gasteiger partial charge is 0.355 e. The van der Waals surface area contributed by atoms with Gasteiger partial charge < -0.3 is 5.11 Å². The number of carbonyl (C=O) groups is 1. The van der Waals surface area contributed by atoms with Gasteiger partial charge in [-0.3, -0.25) is 0 Å². The molecule has 1 rings (SSSR count). The summed E-state index contributed by atoms with van der Waals surface area (Å²) in [7, 11) is 0. The molecule has 0 radical (unpaired) electrons. The summed E-state index contributed by atoms with van der Waals surface area (Å²) in [5.74, 6) is -1.44. The Morgan fingerprint density at radius 3 is 2.50 bits per heavy atom. The van der Waals surface area contributed by atoms with Gasteiger partial charge >= 0.3 is 5.97 Å². The summed E-state index contributed by atoms with van der Waals surface area (Å²) in [6.45, 7) is 0. The van der Waals surface area contributed by atoms with Crippen LogP contribution in [0.2, 0.25) is 0 Å². The standard InChI is InChI=1S/C7H3F2I2NO2/c8-5(9)2-1-3(10)6(11)12-4(2)7(13)14/h1,5H,(H,13,14). The number of alkyl halides is 2. The molecule has 0 unspecified atom stereocenters. The summed E-state index contributed by atoms with van der Waals surface area (Å²) >= 11 is 3.62. The van der Waals surface area contributed by atoms with Crippen molar-refractivity contribution in [3.05, 3.63) is 24.6 Å². The molecule has 7 heteroatoms. The molecule has 0 aliphatic heterocycles. The fourth-order valence-electron chi connectivity index (χ4n) is 0.818. The van der Waals surface area contributed by atoms with E-state index in [1.54, 1.807) is 22.6 Å². The highest BCUT2D eigenvalue weighted by molar-refractivity contribution is 14.1. The molecule has 0 amide bonds. The van der Waals surface area contributed by atoms with Gasteiger partial charge in [0.2, 0.25) is 0 Å². The molecule has 0 aliphatic rings. The topological polar surface area (TPSA) is 50.2 Å². The van der Waals surface area contributed by atoms with Gasteiger partial charge in [-0.2, -0.15) is 0 Å². The number of hydrogen-bond acceptors (Lipinski definition) is 2. The molecule has 0 bridgehead atoms. The summed E-state index contributed by atoms with van der Waals surface area (Å²) in [5, 5.41) is 8.63. The lowest BCUT2D eigenvalue weighted by atomic mass is 10.2. The Morgan fingerprint density at radius 2 is 2.07 bits per heavy atom. The molecule has 0 aromatic carbocycles. The summed E-state index contributed by atoms with van der Waals surface area (Å²) in [4.78, 5) is 14.2. The number of pyridine rings is 1. The number of aromatic nitrogens is 1. The Bertz CT molecular complexity index is 384. The summed E-state index contributed by atoms with van der Waals surface area (Å²) in [6.07, 6.45) is -2.82. The zero-order chi connectivity index (χ0) is 10.9. The second-order valence-electron chi connectivity index (χ2n) is 2.30. The van der Waals surface area contributed by atoms with Crippen LogP contribution in [0.25, 0.3) is 0 Å². The van der Waals surface area contributed by atoms with Gasteiger partial charge in [0.25, 0.3) is 6.43 Å². The number of nitrogens with zero attached hydrogens (tertiary/aromatic N) is 1. The lowest BCUT2D eigenvalue weighted by molar-refractivity contribution is 0.0676. The number of carboxylic acids is 1. The Kier molecular flexibility index (Phi) is 3.98. The van der Waals surface area contributed by atoms with Crippen LogP contribution in [0.15, 0.2) is 6.07 Å². The first-order chi connectivity index (χ1) is 6.43. The molecule has 3 nitrogen and oxygen atoms in total. The first-order valence-electron chi connectivity index (χ1n) is 3.31. The van der Waals surface area contributed by atoms with E-state index in [0.717, 1.165) is 6.07 Å². The molecular formula is C7H3F2I2NO2. The van der Waals surface area contributed by atoms with E-state index in [0.29, 0.717) is 7.27 Å². The maximum atomic E-state index is 12.4. The monoisotopic (exact) mass is 425 g/mol. The van der Waals surface area contributed by atoms with Crippen molar-refractivity contribution in [2.75, 3.05) is 0 Å². The quantitative estimate of drug-likeness (QED) is 0.586. The van der Waals surface area contributed by atoms with Gasteiger partial charge in [-0.1, -0.05) is 0 Å². The van der Waals surface area contributed by atoms with Crippen molar-refractivity contribution in [2.45, 2.75) is 6.43 Å². The number of hydrogen-bond donors (Lipinski definition) is 1. The van der Waals surface area contributed by atoms with Gasteiger partial charge in [0.15, 0.2) is 5.69 Å². The molecular weight excluding hydrogens is 422 g/mol. The van der Waals surface area contributed by atoms with Gasteiger partial charge in [-0.25, -0.2) is 18.6 Å². The number of carboxylic acid groups (broad SMARTS) is 1. The molecule has 14 heavy (non-hydrogen) atoms. The molecule has 0 spiro atoms. The molecule has 1 heterocycles. The minimum atomic E-state index is -2.82. The lowest BCUT2D eigenvalue weighted by Crippen LogP contribution is -2.08. The first-order valence-corrected chi connectivity index (χ1v) is 5.46. The molecule has 0 fully saturated rings. The van der Waals surface area contributed by atoms with Crippen molar-refractivity contribution >= 4 is 51.2 Å².